The van der Waals surface area contributed by atoms with Gasteiger partial charge in [-0.05, 0) is 0 Å². The summed E-state index contributed by atoms with van der Waals surface area (Å²) < 4.78 is 0. The summed E-state index contributed by atoms with van der Waals surface area (Å²) >= 11 is 0. The molecule has 0 aliphatic heterocycles. The minimum absolute atomic E-state index is 0. The molecule has 0 aliphatic carbocycles. The zero-order chi connectivity index (χ0) is 7.15. The predicted molar refractivity (Wildman–Crippen MR) is 55.3 cm³/mol. The standard InChI is InChI=1S/Li.Mg.2NO3.6H2O.H/c;;2*2-1(3)4;;;;;;;/h;;;;6*1H2;/q;+2;2*-1;;;;;;;. The Hall–Kier alpha value is -0.476. The zero-order valence-electron chi connectivity index (χ0n) is 7.05. The Labute approximate surface area is 116 Å². The van der Waals surface area contributed by atoms with Crippen LogP contribution < -0.4 is 0 Å². The van der Waals surface area contributed by atoms with Gasteiger partial charge in [0.15, 0.2) is 0 Å². The minimum atomic E-state index is -1.75. The first-order chi connectivity index (χ1) is 3.46. The molecule has 16 heavy (non-hydrogen) atoms. The van der Waals surface area contributed by atoms with Crippen molar-refractivity contribution in [1.29, 1.82) is 0 Å². The van der Waals surface area contributed by atoms with Crippen LogP contribution in [0.15, 0.2) is 0 Å². The molecule has 0 fully saturated rings. The molecule has 98 valence electrons. The van der Waals surface area contributed by atoms with Crippen molar-refractivity contribution >= 4 is 41.9 Å². The summed E-state index contributed by atoms with van der Waals surface area (Å²) in [4.78, 5) is 16.5. The van der Waals surface area contributed by atoms with Crippen molar-refractivity contribution in [1.82, 2.24) is 0 Å². The van der Waals surface area contributed by atoms with Crippen molar-refractivity contribution in [2.24, 2.45) is 0 Å². The first kappa shape index (κ1) is 107. The van der Waals surface area contributed by atoms with Gasteiger partial charge in [0.05, 0.1) is 10.2 Å². The average Bonchev–Trinajstić information content (AvgIpc) is 1.25. The molecule has 0 bridgehead atoms. The molecule has 0 saturated carbocycles. The van der Waals surface area contributed by atoms with Crippen LogP contribution in [-0.4, -0.2) is 84.9 Å². The van der Waals surface area contributed by atoms with E-state index >= 15 is 0 Å². The van der Waals surface area contributed by atoms with Crippen molar-refractivity contribution in [2.75, 3.05) is 0 Å². The van der Waals surface area contributed by atoms with Gasteiger partial charge in [-0.25, -0.2) is 0 Å². The number of rotatable bonds is 0. The Morgan fingerprint density at radius 1 is 0.562 bits per heavy atom. The fourth-order valence-corrected chi connectivity index (χ4v) is 0. The van der Waals surface area contributed by atoms with Gasteiger partial charge >= 0.3 is 41.9 Å². The molecule has 0 saturated heterocycles. The summed E-state index contributed by atoms with van der Waals surface area (Å²) in [5.74, 6) is 0. The molecule has 0 amide bonds. The van der Waals surface area contributed by atoms with Gasteiger partial charge in [0.25, 0.3) is 0 Å². The van der Waals surface area contributed by atoms with Crippen molar-refractivity contribution in [3.63, 3.8) is 0 Å². The summed E-state index contributed by atoms with van der Waals surface area (Å²) in [6, 6.07) is 0. The van der Waals surface area contributed by atoms with E-state index in [4.69, 9.17) is 30.6 Å². The van der Waals surface area contributed by atoms with Crippen LogP contribution in [0.5, 0.6) is 0 Å². The summed E-state index contributed by atoms with van der Waals surface area (Å²) in [6.45, 7) is 0. The van der Waals surface area contributed by atoms with E-state index < -0.39 is 10.2 Å². The van der Waals surface area contributed by atoms with E-state index in [0.717, 1.165) is 0 Å². The third-order valence-corrected chi connectivity index (χ3v) is 0. The molecule has 0 aromatic heterocycles. The van der Waals surface area contributed by atoms with Gasteiger partial charge in [0.1, 0.15) is 0 Å². The molecule has 0 atom stereocenters. The molecule has 14 nitrogen and oxygen atoms in total. The molecule has 0 heterocycles. The molecule has 16 heteroatoms. The van der Waals surface area contributed by atoms with E-state index in [2.05, 4.69) is 0 Å². The predicted octanol–water partition coefficient (Wildman–Crippen LogP) is -6.46. The van der Waals surface area contributed by atoms with Crippen molar-refractivity contribution in [3.8, 4) is 0 Å². The van der Waals surface area contributed by atoms with E-state index in [1.165, 1.54) is 0 Å². The van der Waals surface area contributed by atoms with Crippen LogP contribution in [0.3, 0.4) is 0 Å². The molecule has 0 aromatic rings. The van der Waals surface area contributed by atoms with E-state index in [1.807, 2.05) is 0 Å². The maximum Gasteiger partial charge on any atom is 2.00 e. The van der Waals surface area contributed by atoms with Crippen molar-refractivity contribution < 1.29 is 43.0 Å². The van der Waals surface area contributed by atoms with Crippen LogP contribution in [0.1, 0.15) is 0 Å². The monoisotopic (exact) mass is 264 g/mol. The fourth-order valence-electron chi connectivity index (χ4n) is 0. The van der Waals surface area contributed by atoms with E-state index in [9.17, 15) is 0 Å². The van der Waals surface area contributed by atoms with E-state index in [0.29, 0.717) is 0 Å². The number of hydrogen-bond donors (Lipinski definition) is 0. The molecule has 0 aromatic carbocycles. The van der Waals surface area contributed by atoms with Gasteiger partial charge in [0, 0.05) is 0 Å². The molecular formula is H13LiMgN2O12. The first-order valence-electron chi connectivity index (χ1n) is 1.10. The van der Waals surface area contributed by atoms with Gasteiger partial charge < -0.3 is 63.5 Å². The van der Waals surface area contributed by atoms with Gasteiger partial charge in [-0.2, -0.15) is 0 Å². The quantitative estimate of drug-likeness (QED) is 0.232. The second-order valence-electron chi connectivity index (χ2n) is 0.447. The van der Waals surface area contributed by atoms with Crippen molar-refractivity contribution in [3.05, 3.63) is 30.6 Å². The molecule has 0 spiro atoms. The van der Waals surface area contributed by atoms with Crippen LogP contribution in [-0.2, 0) is 0 Å². The topological polar surface area (TPSA) is 321 Å². The summed E-state index contributed by atoms with van der Waals surface area (Å²) in [6.07, 6.45) is 0. The minimum Gasteiger partial charge on any atom is 2.00 e. The molecular weight excluding hydrogens is 251 g/mol. The second-order valence-corrected chi connectivity index (χ2v) is 0.447. The Morgan fingerprint density at radius 2 is 0.562 bits per heavy atom. The Morgan fingerprint density at radius 3 is 0.562 bits per heavy atom. The van der Waals surface area contributed by atoms with Crippen LogP contribution in [0.25, 0.3) is 0 Å². The van der Waals surface area contributed by atoms with Gasteiger partial charge in [-0.1, -0.05) is 0 Å². The first-order valence-corrected chi connectivity index (χ1v) is 1.10. The normalized spacial score (nSPS) is 3.00. The SMILES string of the molecule is O.O.O.O.O.O.O=[N+]([O-])[O-].O=[N+]([O-])[O-].[LiH].[Mg+2]. The van der Waals surface area contributed by atoms with Gasteiger partial charge in [-0.3, -0.25) is 0 Å². The fraction of sp³-hybridized carbons (Fsp3) is 0. The Bertz CT molecular complexity index is 77.0. The Balaban J connectivity index is -0.00000000375. The largest absolute Gasteiger partial charge is 2.00 e. The average molecular weight is 264 g/mol. The molecule has 0 aliphatic rings. The van der Waals surface area contributed by atoms with Crippen LogP contribution in [0.2, 0.25) is 0 Å². The third kappa shape index (κ3) is 9350. The van der Waals surface area contributed by atoms with Crippen LogP contribution >= 0.6 is 0 Å². The molecule has 0 rings (SSSR count). The maximum absolute atomic E-state index is 8.25. The molecule has 0 unspecified atom stereocenters. The van der Waals surface area contributed by atoms with Crippen LogP contribution in [0, 0.1) is 30.6 Å². The maximum atomic E-state index is 8.25. The summed E-state index contributed by atoms with van der Waals surface area (Å²) in [5.41, 5.74) is 0. The van der Waals surface area contributed by atoms with Gasteiger partial charge in [-0.15, -0.1) is 0 Å². The Kier molecular flexibility index (Phi) is 584. The zero-order valence-corrected chi connectivity index (χ0v) is 8.47. The van der Waals surface area contributed by atoms with E-state index in [1.54, 1.807) is 0 Å². The summed E-state index contributed by atoms with van der Waals surface area (Å²) in [5, 5.41) is 29.5. The second kappa shape index (κ2) is 87.1. The van der Waals surface area contributed by atoms with E-state index in [-0.39, 0.29) is 74.8 Å². The smallest absolute Gasteiger partial charge is 2.00 e. The van der Waals surface area contributed by atoms with Crippen LogP contribution in [0.4, 0.5) is 0 Å². The number of hydrogen-bond acceptors (Lipinski definition) is 6. The van der Waals surface area contributed by atoms with Crippen molar-refractivity contribution in [2.45, 2.75) is 0 Å². The van der Waals surface area contributed by atoms with Gasteiger partial charge in [0.2, 0.25) is 0 Å². The molecule has 12 N–H and O–H groups in total. The number of nitrogens with zero attached hydrogens (tertiary/aromatic N) is 2. The summed E-state index contributed by atoms with van der Waals surface area (Å²) in [7, 11) is 0. The third-order valence-electron chi connectivity index (χ3n) is 0. The molecule has 0 radical (unpaired) electrons.